The molecule has 0 atom stereocenters. The molecular weight excluding hydrogens is 530 g/mol. The van der Waals surface area contributed by atoms with E-state index in [2.05, 4.69) is 15.7 Å². The number of alkyl halides is 2. The molecule has 1 fully saturated rings. The summed E-state index contributed by atoms with van der Waals surface area (Å²) in [4.78, 5) is 39.4. The van der Waals surface area contributed by atoms with Crippen molar-refractivity contribution in [3.05, 3.63) is 64.0 Å². The number of ketones is 1. The number of anilines is 1. The Morgan fingerprint density at radius 3 is 2.20 bits per heavy atom. The molecule has 1 aliphatic rings. The first-order chi connectivity index (χ1) is 18.6. The number of Topliss-reactive ketones (excluding diaryl/α,β-unsaturated/α-hetero) is 1. The van der Waals surface area contributed by atoms with Crippen LogP contribution in [0, 0.1) is 23.1 Å². The molecular formula is C28H35F4N5O3. The van der Waals surface area contributed by atoms with E-state index in [9.17, 15) is 31.9 Å². The van der Waals surface area contributed by atoms with E-state index in [1.54, 1.807) is 6.92 Å². The highest BCUT2D eigenvalue weighted by Gasteiger charge is 2.60. The Labute approximate surface area is 230 Å². The molecule has 1 aromatic rings. The molecule has 0 heterocycles. The number of hydrogen-bond acceptors (Lipinski definition) is 6. The van der Waals surface area contributed by atoms with Crippen molar-refractivity contribution in [2.45, 2.75) is 78.2 Å². The van der Waals surface area contributed by atoms with Crippen molar-refractivity contribution >= 4 is 23.3 Å². The summed E-state index contributed by atoms with van der Waals surface area (Å²) in [5.41, 5.74) is 11.2. The number of halogens is 4. The van der Waals surface area contributed by atoms with Gasteiger partial charge in [-0.1, -0.05) is 25.8 Å². The molecule has 218 valence electrons. The molecule has 1 saturated carbocycles. The lowest BCUT2D eigenvalue weighted by atomic mass is 9.71. The maximum absolute atomic E-state index is 13.8. The lowest BCUT2D eigenvalue weighted by Gasteiger charge is -2.47. The average Bonchev–Trinajstić information content (AvgIpc) is 2.84. The first-order valence-corrected chi connectivity index (χ1v) is 12.8. The molecule has 0 unspecified atom stereocenters. The van der Waals surface area contributed by atoms with Gasteiger partial charge in [-0.25, -0.2) is 23.1 Å². The zero-order chi connectivity index (χ0) is 30.4. The number of carbonyl (C=O) groups is 3. The number of nitrogens with zero attached hydrogens (tertiary/aromatic N) is 1. The Kier molecular flexibility index (Phi) is 10.5. The minimum Gasteiger partial charge on any atom is -0.403 e. The number of hydrogen-bond donors (Lipinski definition) is 4. The highest BCUT2D eigenvalue weighted by molar-refractivity contribution is 6.43. The fourth-order valence-corrected chi connectivity index (χ4v) is 4.62. The van der Waals surface area contributed by atoms with Crippen molar-refractivity contribution in [2.75, 3.05) is 5.32 Å². The highest BCUT2D eigenvalue weighted by atomic mass is 19.3. The third kappa shape index (κ3) is 7.64. The highest BCUT2D eigenvalue weighted by Crippen LogP contribution is 2.49. The van der Waals surface area contributed by atoms with Crippen molar-refractivity contribution in [3.8, 4) is 0 Å². The number of nitrogens with one attached hydrogen (secondary N) is 3. The summed E-state index contributed by atoms with van der Waals surface area (Å²) in [6.07, 6.45) is 1.13. The van der Waals surface area contributed by atoms with Gasteiger partial charge in [-0.05, 0) is 57.2 Å². The van der Waals surface area contributed by atoms with Crippen LogP contribution >= 0.6 is 0 Å². The number of nitrogens with two attached hydrogens (primary N) is 1. The van der Waals surface area contributed by atoms with Gasteiger partial charge in [0.1, 0.15) is 5.70 Å². The molecule has 0 radical (unpaired) electrons. The zero-order valence-corrected chi connectivity index (χ0v) is 23.2. The maximum Gasteiger partial charge on any atom is 0.292 e. The topological polar surface area (TPSA) is 138 Å². The number of benzene rings is 1. The van der Waals surface area contributed by atoms with Gasteiger partial charge in [0.25, 0.3) is 17.7 Å². The van der Waals surface area contributed by atoms with Gasteiger partial charge in [0.2, 0.25) is 5.78 Å². The normalized spacial score (nSPS) is 17.3. The van der Waals surface area contributed by atoms with E-state index in [4.69, 9.17) is 11.3 Å². The number of carbonyl (C=O) groups excluding carboxylic acids is 3. The SMILES string of the molecule is C/C(CCCC(C)C)=C(C(=O)Nc1ccc(F)c(F)c1)\C(C)=C(/C)C(=O)C(=O)NC1(/C(=C/N)N=N)CC(F)(F)C1. The van der Waals surface area contributed by atoms with Crippen molar-refractivity contribution in [1.29, 1.82) is 5.53 Å². The molecule has 40 heavy (non-hydrogen) atoms. The maximum atomic E-state index is 13.8. The fraction of sp³-hybridized carbons (Fsp3) is 0.464. The molecule has 12 heteroatoms. The number of allylic oxidation sites excluding steroid dienone is 1. The predicted molar refractivity (Wildman–Crippen MR) is 142 cm³/mol. The lowest BCUT2D eigenvalue weighted by Crippen LogP contribution is -2.64. The molecule has 1 aromatic carbocycles. The van der Waals surface area contributed by atoms with Gasteiger partial charge in [-0.15, -0.1) is 0 Å². The molecule has 8 nitrogen and oxygen atoms in total. The van der Waals surface area contributed by atoms with Crippen LogP contribution in [-0.4, -0.2) is 29.1 Å². The van der Waals surface area contributed by atoms with E-state index in [-0.39, 0.29) is 28.1 Å². The van der Waals surface area contributed by atoms with Crippen LogP contribution in [0.4, 0.5) is 23.2 Å². The molecule has 1 aliphatic carbocycles. The largest absolute Gasteiger partial charge is 0.403 e. The van der Waals surface area contributed by atoms with Crippen LogP contribution in [0.25, 0.3) is 0 Å². The summed E-state index contributed by atoms with van der Waals surface area (Å²) < 4.78 is 54.6. The van der Waals surface area contributed by atoms with Crippen LogP contribution in [-0.2, 0) is 14.4 Å². The lowest BCUT2D eigenvalue weighted by molar-refractivity contribution is -0.147. The van der Waals surface area contributed by atoms with E-state index in [1.807, 2.05) is 13.8 Å². The van der Waals surface area contributed by atoms with Crippen molar-refractivity contribution in [2.24, 2.45) is 16.8 Å². The fourth-order valence-electron chi connectivity index (χ4n) is 4.62. The summed E-state index contributed by atoms with van der Waals surface area (Å²) in [5.74, 6) is -7.99. The Balaban J connectivity index is 2.43. The molecule has 0 aliphatic heterocycles. The van der Waals surface area contributed by atoms with Crippen LogP contribution in [0.2, 0.25) is 0 Å². The molecule has 0 aromatic heterocycles. The van der Waals surface area contributed by atoms with E-state index in [0.717, 1.165) is 31.2 Å². The van der Waals surface area contributed by atoms with E-state index < -0.39 is 53.5 Å². The monoisotopic (exact) mass is 565 g/mol. The van der Waals surface area contributed by atoms with Crippen molar-refractivity contribution < 1.29 is 31.9 Å². The van der Waals surface area contributed by atoms with Gasteiger partial charge in [0.15, 0.2) is 11.6 Å². The predicted octanol–water partition coefficient (Wildman–Crippen LogP) is 6.07. The summed E-state index contributed by atoms with van der Waals surface area (Å²) in [6.45, 7) is 8.57. The van der Waals surface area contributed by atoms with Crippen molar-refractivity contribution in [3.63, 3.8) is 0 Å². The molecule has 0 saturated heterocycles. The second-order valence-electron chi connectivity index (χ2n) is 10.5. The van der Waals surface area contributed by atoms with Gasteiger partial charge < -0.3 is 16.4 Å². The summed E-state index contributed by atoms with van der Waals surface area (Å²) in [5, 5.41) is 7.89. The quantitative estimate of drug-likeness (QED) is 0.0804. The summed E-state index contributed by atoms with van der Waals surface area (Å²) in [7, 11) is 0. The van der Waals surface area contributed by atoms with Crippen molar-refractivity contribution in [1.82, 2.24) is 5.32 Å². The van der Waals surface area contributed by atoms with Crippen LogP contribution in [0.1, 0.15) is 66.7 Å². The van der Waals surface area contributed by atoms with E-state index in [1.165, 1.54) is 19.9 Å². The van der Waals surface area contributed by atoms with Gasteiger partial charge >= 0.3 is 0 Å². The molecule has 0 spiro atoms. The number of rotatable bonds is 12. The Hall–Kier alpha value is -3.83. The minimum atomic E-state index is -3.14. The zero-order valence-electron chi connectivity index (χ0n) is 23.2. The summed E-state index contributed by atoms with van der Waals surface area (Å²) in [6, 6.07) is 2.86. The number of amides is 2. The molecule has 5 N–H and O–H groups in total. The standard InChI is InChI=1S/C28H35F4N5O3/c1-15(2)7-6-8-16(3)23(25(39)35-19-9-10-20(29)21(30)11-19)17(4)18(5)24(38)26(40)36-27(22(12-33)37-34)13-28(31,32)14-27/h9-12,15,34H,6-8,13-14,33H2,1-5H3,(H,35,39)(H,36,40)/b18-17+,22-12-,23-16-,37-34?. The Bertz CT molecular complexity index is 1280. The Morgan fingerprint density at radius 1 is 1.07 bits per heavy atom. The van der Waals surface area contributed by atoms with Gasteiger partial charge in [0.05, 0.1) is 5.54 Å². The Morgan fingerprint density at radius 2 is 1.70 bits per heavy atom. The second-order valence-corrected chi connectivity index (χ2v) is 10.5. The second kappa shape index (κ2) is 13.0. The van der Waals surface area contributed by atoms with E-state index in [0.29, 0.717) is 17.9 Å². The molecule has 2 rings (SSSR count). The van der Waals surface area contributed by atoms with Crippen LogP contribution in [0.15, 0.2) is 57.5 Å². The van der Waals surface area contributed by atoms with Crippen LogP contribution in [0.5, 0.6) is 0 Å². The summed E-state index contributed by atoms with van der Waals surface area (Å²) >= 11 is 0. The average molecular weight is 566 g/mol. The minimum absolute atomic E-state index is 0.0148. The first kappa shape index (κ1) is 32.4. The van der Waals surface area contributed by atoms with Crippen LogP contribution < -0.4 is 16.4 Å². The molecule has 2 amide bonds. The van der Waals surface area contributed by atoms with Crippen LogP contribution in [0.3, 0.4) is 0 Å². The third-order valence-corrected chi connectivity index (χ3v) is 6.89. The first-order valence-electron chi connectivity index (χ1n) is 12.8. The van der Waals surface area contributed by atoms with Gasteiger partial charge in [-0.2, -0.15) is 5.11 Å². The van der Waals surface area contributed by atoms with Gasteiger partial charge in [-0.3, -0.25) is 14.4 Å². The smallest absolute Gasteiger partial charge is 0.292 e. The third-order valence-electron chi connectivity index (χ3n) is 6.89. The molecule has 0 bridgehead atoms. The van der Waals surface area contributed by atoms with Gasteiger partial charge in [0, 0.05) is 41.9 Å². The van der Waals surface area contributed by atoms with E-state index >= 15 is 0 Å².